The predicted molar refractivity (Wildman–Crippen MR) is 133 cm³/mol. The molecule has 13 heteroatoms. The van der Waals surface area contributed by atoms with Crippen LogP contribution in [0.25, 0.3) is 11.3 Å². The molecule has 2 amide bonds. The lowest BCUT2D eigenvalue weighted by Gasteiger charge is -2.38. The Morgan fingerprint density at radius 3 is 2.82 bits per heavy atom. The number of hydrogen-bond donors (Lipinski definition) is 2. The molecule has 1 unspecified atom stereocenters. The summed E-state index contributed by atoms with van der Waals surface area (Å²) in [5.41, 5.74) is 1.96. The van der Waals surface area contributed by atoms with Gasteiger partial charge >= 0.3 is 5.92 Å². The lowest BCUT2D eigenvalue weighted by Crippen LogP contribution is -2.55. The molecule has 1 aliphatic carbocycles. The van der Waals surface area contributed by atoms with Gasteiger partial charge in [-0.25, -0.2) is 18.7 Å². The first-order valence-electron chi connectivity index (χ1n) is 12.3. The molecule has 3 aromatic rings. The van der Waals surface area contributed by atoms with E-state index < -0.39 is 31.1 Å². The van der Waals surface area contributed by atoms with E-state index in [4.69, 9.17) is 9.84 Å². The smallest absolute Gasteiger partial charge is 0.301 e. The number of aliphatic hydroxyl groups is 1. The van der Waals surface area contributed by atoms with Crippen molar-refractivity contribution in [1.29, 1.82) is 5.26 Å². The molecule has 0 radical (unpaired) electrons. The molecule has 1 saturated carbocycles. The first-order chi connectivity index (χ1) is 18.7. The highest BCUT2D eigenvalue weighted by atomic mass is 19.3. The molecule has 2 aromatic heterocycles. The zero-order chi connectivity index (χ0) is 27.7. The molecule has 5 rings (SSSR count). The number of hydrogen-bond acceptors (Lipinski definition) is 8. The Kier molecular flexibility index (Phi) is 6.96. The van der Waals surface area contributed by atoms with Crippen LogP contribution >= 0.6 is 0 Å². The number of amides is 2. The van der Waals surface area contributed by atoms with E-state index in [-0.39, 0.29) is 42.0 Å². The van der Waals surface area contributed by atoms with Crippen LogP contribution in [0.3, 0.4) is 0 Å². The lowest BCUT2D eigenvalue weighted by atomic mass is 10.0. The Bertz CT molecular complexity index is 1450. The minimum absolute atomic E-state index is 0.00110. The highest BCUT2D eigenvalue weighted by molar-refractivity contribution is 5.94. The predicted octanol–water partition coefficient (Wildman–Crippen LogP) is 2.10. The summed E-state index contributed by atoms with van der Waals surface area (Å²) in [5.74, 6) is -4.11. The normalized spacial score (nSPS) is 21.6. The van der Waals surface area contributed by atoms with E-state index >= 15 is 0 Å². The number of aryl methyl sites for hydroxylation is 1. The van der Waals surface area contributed by atoms with Gasteiger partial charge in [0.25, 0.3) is 0 Å². The van der Waals surface area contributed by atoms with E-state index in [0.29, 0.717) is 17.1 Å². The number of anilines is 1. The van der Waals surface area contributed by atoms with Gasteiger partial charge < -0.3 is 20.1 Å². The van der Waals surface area contributed by atoms with Crippen molar-refractivity contribution in [1.82, 2.24) is 24.6 Å². The number of halogens is 2. The molecule has 2 fully saturated rings. The first kappa shape index (κ1) is 26.2. The second-order valence-electron chi connectivity index (χ2n) is 9.63. The van der Waals surface area contributed by atoms with Gasteiger partial charge in [0.2, 0.25) is 11.8 Å². The fourth-order valence-electron chi connectivity index (χ4n) is 4.70. The molecule has 1 saturated heterocycles. The molecular formula is C26H25F2N7O4. The van der Waals surface area contributed by atoms with Crippen LogP contribution in [0.1, 0.15) is 29.9 Å². The largest absolute Gasteiger partial charge is 0.483 e. The maximum absolute atomic E-state index is 14.7. The topological polar surface area (TPSA) is 146 Å². The monoisotopic (exact) mass is 537 g/mol. The maximum Gasteiger partial charge on any atom is 0.301 e. The van der Waals surface area contributed by atoms with Crippen LogP contribution < -0.4 is 10.1 Å². The number of carbonyl (C=O) groups excluding carboxylic acids is 2. The molecule has 1 aromatic carbocycles. The van der Waals surface area contributed by atoms with Crippen LogP contribution in [0.4, 0.5) is 14.6 Å². The third-order valence-electron chi connectivity index (χ3n) is 6.89. The Morgan fingerprint density at radius 2 is 2.13 bits per heavy atom. The second-order valence-corrected chi connectivity index (χ2v) is 9.63. The Balaban J connectivity index is 1.27. The molecule has 3 atom stereocenters. The summed E-state index contributed by atoms with van der Waals surface area (Å²) in [6.45, 7) is -1.72. The number of likely N-dealkylation sites (tertiary alicyclic amines) is 1. The third-order valence-corrected chi connectivity index (χ3v) is 6.89. The van der Waals surface area contributed by atoms with E-state index in [9.17, 15) is 23.6 Å². The molecule has 3 heterocycles. The van der Waals surface area contributed by atoms with Gasteiger partial charge in [-0.1, -0.05) is 0 Å². The van der Waals surface area contributed by atoms with Crippen LogP contribution in [0.5, 0.6) is 5.75 Å². The van der Waals surface area contributed by atoms with E-state index in [1.165, 1.54) is 18.5 Å². The fraction of sp³-hybridized carbons (Fsp3) is 0.385. The molecule has 0 bridgehead atoms. The molecular weight excluding hydrogens is 512 g/mol. The number of aromatic nitrogens is 4. The number of nitrogens with one attached hydrogen (secondary N) is 1. The van der Waals surface area contributed by atoms with Crippen molar-refractivity contribution < 1.29 is 28.2 Å². The summed E-state index contributed by atoms with van der Waals surface area (Å²) in [4.78, 5) is 33.6. The summed E-state index contributed by atoms with van der Waals surface area (Å²) in [6.07, 6.45) is 3.94. The molecule has 2 aliphatic rings. The average molecular weight is 538 g/mol. The highest BCUT2D eigenvalue weighted by Crippen LogP contribution is 2.47. The van der Waals surface area contributed by atoms with Crippen LogP contribution in [-0.4, -0.2) is 73.3 Å². The van der Waals surface area contributed by atoms with Crippen molar-refractivity contribution in [2.45, 2.75) is 30.8 Å². The molecule has 202 valence electrons. The van der Waals surface area contributed by atoms with Crippen molar-refractivity contribution in [3.8, 4) is 23.1 Å². The third kappa shape index (κ3) is 5.56. The molecule has 0 spiro atoms. The van der Waals surface area contributed by atoms with Crippen molar-refractivity contribution in [2.75, 3.05) is 25.0 Å². The summed E-state index contributed by atoms with van der Waals surface area (Å²) < 4.78 is 36.6. The van der Waals surface area contributed by atoms with Gasteiger partial charge in [0.1, 0.15) is 30.6 Å². The van der Waals surface area contributed by atoms with Crippen LogP contribution in [0.2, 0.25) is 0 Å². The highest BCUT2D eigenvalue weighted by Gasteiger charge is 2.48. The Labute approximate surface area is 222 Å². The molecule has 2 N–H and O–H groups in total. The quantitative estimate of drug-likeness (QED) is 0.466. The number of nitrogens with zero attached hydrogens (tertiary/aromatic N) is 6. The number of piperidine rings is 1. The van der Waals surface area contributed by atoms with E-state index in [1.807, 2.05) is 19.3 Å². The van der Waals surface area contributed by atoms with Gasteiger partial charge in [-0.05, 0) is 36.1 Å². The van der Waals surface area contributed by atoms with Gasteiger partial charge in [-0.15, -0.1) is 0 Å². The molecule has 11 nitrogen and oxygen atoms in total. The second kappa shape index (κ2) is 10.4. The van der Waals surface area contributed by atoms with Gasteiger partial charge in [-0.2, -0.15) is 10.4 Å². The van der Waals surface area contributed by atoms with Crippen molar-refractivity contribution in [3.63, 3.8) is 0 Å². The van der Waals surface area contributed by atoms with E-state index in [2.05, 4.69) is 20.4 Å². The summed E-state index contributed by atoms with van der Waals surface area (Å²) in [6, 6.07) is 7.99. The molecule has 1 aliphatic heterocycles. The first-order valence-corrected chi connectivity index (χ1v) is 12.3. The van der Waals surface area contributed by atoms with E-state index in [1.54, 1.807) is 23.0 Å². The Morgan fingerprint density at radius 1 is 1.31 bits per heavy atom. The van der Waals surface area contributed by atoms with Crippen molar-refractivity contribution in [2.24, 2.45) is 13.0 Å². The van der Waals surface area contributed by atoms with Crippen LogP contribution in [-0.2, 0) is 16.6 Å². The number of rotatable bonds is 7. The van der Waals surface area contributed by atoms with Crippen molar-refractivity contribution in [3.05, 3.63) is 54.1 Å². The fourth-order valence-corrected chi connectivity index (χ4v) is 4.70. The van der Waals surface area contributed by atoms with Crippen LogP contribution in [0, 0.1) is 17.2 Å². The van der Waals surface area contributed by atoms with Gasteiger partial charge in [0.15, 0.2) is 6.10 Å². The van der Waals surface area contributed by atoms with Gasteiger partial charge in [-0.3, -0.25) is 14.3 Å². The minimum Gasteiger partial charge on any atom is -0.483 e. The summed E-state index contributed by atoms with van der Waals surface area (Å²) in [5, 5.41) is 25.6. The van der Waals surface area contributed by atoms with Crippen LogP contribution in [0.15, 0.2) is 43.0 Å². The average Bonchev–Trinajstić information content (AvgIpc) is 3.62. The zero-order valence-corrected chi connectivity index (χ0v) is 20.9. The standard InChI is InChI=1S/C26H25F2N7O4/c1-34-11-17(10-32-34)18-7-19(18)25(38)33-23-8-20(30-14-31-23)15-2-3-21(16(6-15)9-29)39-22-4-5-35(24(37)12-36)13-26(22,27)28/h2-3,6,8,10-11,14,18-19,22,36H,4-5,7,12-13H2,1H3,(H,30,31,33,38)/t18-,19+,22?/m1/s1. The van der Waals surface area contributed by atoms with E-state index in [0.717, 1.165) is 16.9 Å². The number of aliphatic hydroxyl groups excluding tert-OH is 1. The SMILES string of the molecule is Cn1cc([C@H]2C[C@@H]2C(=O)Nc2cc(-c3ccc(OC4CCN(C(=O)CO)CC4(F)F)c(C#N)c3)ncn2)cn1. The number of carbonyl (C=O) groups is 2. The minimum atomic E-state index is -3.37. The van der Waals surface area contributed by atoms with Gasteiger partial charge in [0, 0.05) is 43.8 Å². The zero-order valence-electron chi connectivity index (χ0n) is 20.9. The maximum atomic E-state index is 14.7. The lowest BCUT2D eigenvalue weighted by molar-refractivity contribution is -0.161. The Hall–Kier alpha value is -4.44. The van der Waals surface area contributed by atoms with Crippen molar-refractivity contribution >= 4 is 17.6 Å². The summed E-state index contributed by atoms with van der Waals surface area (Å²) in [7, 11) is 1.82. The number of nitriles is 1. The number of ether oxygens (including phenoxy) is 1. The summed E-state index contributed by atoms with van der Waals surface area (Å²) >= 11 is 0. The number of benzene rings is 1. The molecule has 39 heavy (non-hydrogen) atoms. The number of alkyl halides is 2. The van der Waals surface area contributed by atoms with Gasteiger partial charge in [0.05, 0.1) is 24.0 Å².